The van der Waals surface area contributed by atoms with Gasteiger partial charge in [-0.15, -0.1) is 0 Å². The lowest BCUT2D eigenvalue weighted by Gasteiger charge is -2.10. The highest BCUT2D eigenvalue weighted by Crippen LogP contribution is 2.17. The Kier molecular flexibility index (Phi) is 3.94. The molecule has 0 aliphatic carbocycles. The lowest BCUT2D eigenvalue weighted by Crippen LogP contribution is -2.20. The van der Waals surface area contributed by atoms with Crippen LogP contribution in [-0.2, 0) is 0 Å². The lowest BCUT2D eigenvalue weighted by molar-refractivity contribution is 0.102. The molecule has 0 bridgehead atoms. The number of nitrogen functional groups attached to an aromatic ring is 1. The molecule has 0 saturated carbocycles. The van der Waals surface area contributed by atoms with Gasteiger partial charge in [-0.05, 0) is 6.92 Å². The van der Waals surface area contributed by atoms with Gasteiger partial charge in [-0.25, -0.2) is 9.97 Å². The smallest absolute Gasteiger partial charge is 0.277 e. The first-order valence-electron chi connectivity index (χ1n) is 6.09. The fourth-order valence-corrected chi connectivity index (χ4v) is 1.55. The van der Waals surface area contributed by atoms with Gasteiger partial charge in [-0.2, -0.15) is 0 Å². The zero-order valence-corrected chi connectivity index (χ0v) is 11.5. The maximum absolute atomic E-state index is 12.2. The molecule has 2 rings (SSSR count). The third-order valence-corrected chi connectivity index (χ3v) is 2.56. The van der Waals surface area contributed by atoms with Crippen LogP contribution in [0.15, 0.2) is 16.8 Å². The van der Waals surface area contributed by atoms with Gasteiger partial charge in [0.2, 0.25) is 0 Å². The molecule has 0 aliphatic heterocycles. The second kappa shape index (κ2) is 5.66. The summed E-state index contributed by atoms with van der Waals surface area (Å²) in [4.78, 5) is 20.6. The number of amides is 1. The summed E-state index contributed by atoms with van der Waals surface area (Å²) in [6.45, 7) is 5.61. The van der Waals surface area contributed by atoms with Crippen LogP contribution < -0.4 is 16.6 Å². The predicted molar refractivity (Wildman–Crippen MR) is 73.1 cm³/mol. The molecular weight excluding hydrogens is 260 g/mol. The van der Waals surface area contributed by atoms with E-state index < -0.39 is 5.91 Å². The molecule has 0 fully saturated rings. The van der Waals surface area contributed by atoms with Crippen LogP contribution in [0.2, 0.25) is 0 Å². The molecule has 0 unspecified atom stereocenters. The fraction of sp³-hybridized carbons (Fsp3) is 0.333. The van der Waals surface area contributed by atoms with Crippen molar-refractivity contribution in [3.05, 3.63) is 29.5 Å². The number of hydrogen-bond acceptors (Lipinski definition) is 7. The van der Waals surface area contributed by atoms with E-state index in [-0.39, 0.29) is 11.6 Å². The summed E-state index contributed by atoms with van der Waals surface area (Å²) in [5.74, 6) is 6.51. The monoisotopic (exact) mass is 276 g/mol. The highest BCUT2D eigenvalue weighted by atomic mass is 16.5. The molecule has 0 spiro atoms. The number of carbonyl (C=O) groups excluding carboxylic acids is 1. The molecule has 4 N–H and O–H groups in total. The van der Waals surface area contributed by atoms with Crippen molar-refractivity contribution in [2.24, 2.45) is 5.84 Å². The van der Waals surface area contributed by atoms with Crippen molar-refractivity contribution in [3.63, 3.8) is 0 Å². The van der Waals surface area contributed by atoms with Crippen LogP contribution in [0.4, 0.5) is 11.5 Å². The van der Waals surface area contributed by atoms with E-state index in [2.05, 4.69) is 25.9 Å². The quantitative estimate of drug-likeness (QED) is 0.571. The number of carbonyl (C=O) groups is 1. The van der Waals surface area contributed by atoms with E-state index in [0.717, 1.165) is 0 Å². The van der Waals surface area contributed by atoms with Crippen molar-refractivity contribution in [1.82, 2.24) is 15.1 Å². The molecule has 0 aromatic carbocycles. The summed E-state index contributed by atoms with van der Waals surface area (Å²) in [5, 5.41) is 6.28. The summed E-state index contributed by atoms with van der Waals surface area (Å²) in [6.07, 6.45) is 1.48. The minimum Gasteiger partial charge on any atom is -0.360 e. The maximum atomic E-state index is 12.2. The first kappa shape index (κ1) is 13.9. The zero-order valence-electron chi connectivity index (χ0n) is 11.5. The van der Waals surface area contributed by atoms with Gasteiger partial charge in [-0.3, -0.25) is 10.6 Å². The van der Waals surface area contributed by atoms with Gasteiger partial charge in [0.05, 0.1) is 11.9 Å². The predicted octanol–water partition coefficient (Wildman–Crippen LogP) is 1.43. The molecule has 2 aromatic rings. The third kappa shape index (κ3) is 2.91. The fourth-order valence-electron chi connectivity index (χ4n) is 1.55. The second-order valence-electron chi connectivity index (χ2n) is 4.57. The number of aromatic nitrogens is 3. The van der Waals surface area contributed by atoms with E-state index in [9.17, 15) is 4.79 Å². The molecular formula is C12H16N6O2. The molecule has 0 saturated heterocycles. The normalized spacial score (nSPS) is 10.7. The number of nitrogens with zero attached hydrogens (tertiary/aromatic N) is 3. The van der Waals surface area contributed by atoms with Gasteiger partial charge in [0.15, 0.2) is 11.5 Å². The van der Waals surface area contributed by atoms with Crippen LogP contribution in [0.3, 0.4) is 0 Å². The van der Waals surface area contributed by atoms with Crippen LogP contribution in [-0.4, -0.2) is 21.0 Å². The zero-order chi connectivity index (χ0) is 14.7. The Morgan fingerprint density at radius 2 is 2.20 bits per heavy atom. The highest BCUT2D eigenvalue weighted by Gasteiger charge is 2.17. The molecule has 0 aliphatic rings. The number of anilines is 2. The van der Waals surface area contributed by atoms with Crippen molar-refractivity contribution >= 4 is 17.4 Å². The van der Waals surface area contributed by atoms with E-state index in [0.29, 0.717) is 23.1 Å². The Bertz CT molecular complexity index is 622. The highest BCUT2D eigenvalue weighted by molar-refractivity contribution is 6.05. The molecule has 1 amide bonds. The lowest BCUT2D eigenvalue weighted by atomic mass is 10.2. The molecule has 0 atom stereocenters. The largest absolute Gasteiger partial charge is 0.360 e. The van der Waals surface area contributed by atoms with Crippen LogP contribution in [0.1, 0.15) is 41.8 Å². The minimum atomic E-state index is -0.435. The van der Waals surface area contributed by atoms with Gasteiger partial charge in [0, 0.05) is 12.0 Å². The molecule has 8 heteroatoms. The van der Waals surface area contributed by atoms with Crippen LogP contribution in [0.25, 0.3) is 0 Å². The van der Waals surface area contributed by atoms with Crippen molar-refractivity contribution < 1.29 is 9.32 Å². The number of rotatable bonds is 4. The Labute approximate surface area is 115 Å². The van der Waals surface area contributed by atoms with Crippen molar-refractivity contribution in [3.8, 4) is 0 Å². The number of nitrogens with one attached hydrogen (secondary N) is 2. The van der Waals surface area contributed by atoms with E-state index in [1.165, 1.54) is 6.20 Å². The second-order valence-corrected chi connectivity index (χ2v) is 4.57. The average Bonchev–Trinajstić information content (AvgIpc) is 2.83. The number of aryl methyl sites for hydroxylation is 1. The first-order chi connectivity index (χ1) is 9.51. The van der Waals surface area contributed by atoms with Gasteiger partial charge < -0.3 is 15.3 Å². The third-order valence-electron chi connectivity index (χ3n) is 2.56. The van der Waals surface area contributed by atoms with E-state index in [4.69, 9.17) is 10.4 Å². The van der Waals surface area contributed by atoms with Crippen LogP contribution in [0.5, 0.6) is 0 Å². The molecule has 20 heavy (non-hydrogen) atoms. The summed E-state index contributed by atoms with van der Waals surface area (Å²) in [5.41, 5.74) is 2.90. The summed E-state index contributed by atoms with van der Waals surface area (Å²) in [6, 6.07) is 1.61. The first-order valence-corrected chi connectivity index (χ1v) is 6.09. The van der Waals surface area contributed by atoms with Crippen molar-refractivity contribution in [1.29, 1.82) is 0 Å². The van der Waals surface area contributed by atoms with Gasteiger partial charge in [-0.1, -0.05) is 19.0 Å². The Morgan fingerprint density at radius 1 is 1.45 bits per heavy atom. The number of hydrazine groups is 1. The van der Waals surface area contributed by atoms with Gasteiger partial charge in [0.1, 0.15) is 11.6 Å². The van der Waals surface area contributed by atoms with E-state index in [1.807, 2.05) is 13.8 Å². The van der Waals surface area contributed by atoms with Gasteiger partial charge in [0.25, 0.3) is 5.91 Å². The maximum Gasteiger partial charge on any atom is 0.277 e. The Morgan fingerprint density at radius 3 is 2.75 bits per heavy atom. The molecule has 8 nitrogen and oxygen atoms in total. The average molecular weight is 276 g/mol. The molecule has 2 aromatic heterocycles. The molecule has 106 valence electrons. The van der Waals surface area contributed by atoms with E-state index >= 15 is 0 Å². The van der Waals surface area contributed by atoms with E-state index in [1.54, 1.807) is 13.0 Å². The van der Waals surface area contributed by atoms with Crippen molar-refractivity contribution in [2.45, 2.75) is 26.7 Å². The topological polar surface area (TPSA) is 119 Å². The summed E-state index contributed by atoms with van der Waals surface area (Å²) >= 11 is 0. The minimum absolute atomic E-state index is 0.0997. The summed E-state index contributed by atoms with van der Waals surface area (Å²) < 4.78 is 4.88. The number of hydrogen-bond donors (Lipinski definition) is 3. The standard InChI is InChI=1S/C12H16N6O2/c1-6(2)11-14-5-8(17-13)10(16-11)12(19)15-9-4-7(3)20-18-9/h4-6,17H,13H2,1-3H3,(H,15,18,19). The summed E-state index contributed by atoms with van der Waals surface area (Å²) in [7, 11) is 0. The molecule has 0 radical (unpaired) electrons. The Balaban J connectivity index is 2.29. The SMILES string of the molecule is Cc1cc(NC(=O)c2nc(C(C)C)ncc2NN)no1. The van der Waals surface area contributed by atoms with Gasteiger partial charge >= 0.3 is 0 Å². The van der Waals surface area contributed by atoms with Crippen LogP contribution >= 0.6 is 0 Å². The van der Waals surface area contributed by atoms with Crippen LogP contribution in [0, 0.1) is 6.92 Å². The van der Waals surface area contributed by atoms with Crippen molar-refractivity contribution in [2.75, 3.05) is 10.7 Å². The molecule has 2 heterocycles. The number of nitrogens with two attached hydrogens (primary N) is 1. The Hall–Kier alpha value is -2.48.